The topological polar surface area (TPSA) is 95.9 Å². The zero-order valence-corrected chi connectivity index (χ0v) is 51.5. The highest BCUT2D eigenvalue weighted by Gasteiger charge is 2.20. The van der Waals surface area contributed by atoms with E-state index in [1.165, 1.54) is 308 Å². The second kappa shape index (κ2) is 65.9. The van der Waals surface area contributed by atoms with Crippen LogP contribution in [0.25, 0.3) is 0 Å². The maximum absolute atomic E-state index is 12.5. The third-order valence-corrected chi connectivity index (χ3v) is 16.2. The van der Waals surface area contributed by atoms with Crippen LogP contribution in [0.5, 0.6) is 0 Å². The van der Waals surface area contributed by atoms with Gasteiger partial charge in [0.1, 0.15) is 0 Å². The van der Waals surface area contributed by atoms with Crippen LogP contribution in [0.2, 0.25) is 0 Å². The molecular formula is C70H135NO5. The Kier molecular flexibility index (Phi) is 64.4. The fraction of sp³-hybridized carbons (Fsp3) is 0.914. The standard InChI is InChI=1S/C70H135NO5/c1-3-5-7-9-11-13-15-17-19-21-22-25-28-31-34-38-42-46-50-54-58-62-68(73)67(66-72)71-69(74)63-59-55-51-47-43-39-35-32-29-26-23-24-27-30-33-37-41-45-49-53-57-61-65-76-70(75)64-60-56-52-48-44-40-36-20-18-16-14-12-10-8-6-4-2/h20,26,29,36,67-68,72-73H,3-19,21-25,27-28,30-35,37-66H2,1-2H3,(H,71,74)/b29-26-,36-20-. The lowest BCUT2D eigenvalue weighted by atomic mass is 10.0. The van der Waals surface area contributed by atoms with Gasteiger partial charge >= 0.3 is 5.97 Å². The number of ether oxygens (including phenoxy) is 1. The van der Waals surface area contributed by atoms with E-state index in [0.717, 1.165) is 44.9 Å². The monoisotopic (exact) mass is 1070 g/mol. The summed E-state index contributed by atoms with van der Waals surface area (Å²) < 4.78 is 5.49. The summed E-state index contributed by atoms with van der Waals surface area (Å²) in [5.41, 5.74) is 0. The maximum Gasteiger partial charge on any atom is 0.305 e. The van der Waals surface area contributed by atoms with Gasteiger partial charge in [0.15, 0.2) is 0 Å². The Balaban J connectivity index is 3.41. The van der Waals surface area contributed by atoms with E-state index >= 15 is 0 Å². The first-order chi connectivity index (χ1) is 37.5. The summed E-state index contributed by atoms with van der Waals surface area (Å²) in [4.78, 5) is 24.6. The van der Waals surface area contributed by atoms with Gasteiger partial charge < -0.3 is 20.3 Å². The third-order valence-electron chi connectivity index (χ3n) is 16.2. The van der Waals surface area contributed by atoms with E-state index in [2.05, 4.69) is 43.5 Å². The number of amides is 1. The average molecular weight is 1070 g/mol. The van der Waals surface area contributed by atoms with Gasteiger partial charge in [-0.25, -0.2) is 0 Å². The Bertz CT molecular complexity index is 1190. The van der Waals surface area contributed by atoms with Gasteiger partial charge in [0, 0.05) is 12.8 Å². The van der Waals surface area contributed by atoms with Gasteiger partial charge in [-0.15, -0.1) is 0 Å². The summed E-state index contributed by atoms with van der Waals surface area (Å²) in [5.74, 6) is -0.0346. The van der Waals surface area contributed by atoms with Gasteiger partial charge in [-0.05, 0) is 77.0 Å². The van der Waals surface area contributed by atoms with E-state index in [1.807, 2.05) is 0 Å². The number of carbonyl (C=O) groups is 2. The predicted molar refractivity (Wildman–Crippen MR) is 333 cm³/mol. The Morgan fingerprint density at radius 3 is 0.934 bits per heavy atom. The van der Waals surface area contributed by atoms with Crippen molar-refractivity contribution in [2.45, 2.75) is 398 Å². The highest BCUT2D eigenvalue weighted by Crippen LogP contribution is 2.18. The minimum Gasteiger partial charge on any atom is -0.466 e. The SMILES string of the molecule is CCCCCCCCC/C=C\CCCCCCCC(=O)OCCCCCCCCCCCCC/C=C\CCCCCCCCCC(=O)NC(CO)C(O)CCCCCCCCCCCCCCCCCCCCCCC. The summed E-state index contributed by atoms with van der Waals surface area (Å²) in [6, 6.07) is -0.548. The molecular weight excluding hydrogens is 935 g/mol. The van der Waals surface area contributed by atoms with E-state index in [9.17, 15) is 19.8 Å². The summed E-state index contributed by atoms with van der Waals surface area (Å²) >= 11 is 0. The lowest BCUT2D eigenvalue weighted by Gasteiger charge is -2.22. The molecule has 6 heteroatoms. The number of hydrogen-bond acceptors (Lipinski definition) is 5. The summed E-state index contributed by atoms with van der Waals surface area (Å²) in [6.07, 6.45) is 82.1. The molecule has 0 aromatic heterocycles. The highest BCUT2D eigenvalue weighted by atomic mass is 16.5. The van der Waals surface area contributed by atoms with Crippen LogP contribution in [-0.4, -0.2) is 47.4 Å². The molecule has 0 aliphatic carbocycles. The molecule has 3 N–H and O–H groups in total. The number of esters is 1. The lowest BCUT2D eigenvalue weighted by Crippen LogP contribution is -2.45. The van der Waals surface area contributed by atoms with Crippen LogP contribution in [-0.2, 0) is 14.3 Å². The molecule has 76 heavy (non-hydrogen) atoms. The van der Waals surface area contributed by atoms with E-state index in [4.69, 9.17) is 4.74 Å². The molecule has 0 aliphatic heterocycles. The molecule has 2 atom stereocenters. The number of allylic oxidation sites excluding steroid dienone is 4. The van der Waals surface area contributed by atoms with Crippen LogP contribution in [0.3, 0.4) is 0 Å². The van der Waals surface area contributed by atoms with Crippen LogP contribution in [0, 0.1) is 0 Å². The lowest BCUT2D eigenvalue weighted by molar-refractivity contribution is -0.143. The van der Waals surface area contributed by atoms with E-state index in [-0.39, 0.29) is 18.5 Å². The Labute approximate surface area is 475 Å². The van der Waals surface area contributed by atoms with Crippen molar-refractivity contribution < 1.29 is 24.5 Å². The zero-order valence-electron chi connectivity index (χ0n) is 51.5. The Morgan fingerprint density at radius 2 is 0.618 bits per heavy atom. The summed E-state index contributed by atoms with van der Waals surface area (Å²) in [7, 11) is 0. The number of aliphatic hydroxyl groups is 2. The first kappa shape index (κ1) is 74.3. The summed E-state index contributed by atoms with van der Waals surface area (Å²) in [5, 5.41) is 23.4. The molecule has 0 fully saturated rings. The van der Waals surface area contributed by atoms with Crippen LogP contribution in [0.1, 0.15) is 386 Å². The van der Waals surface area contributed by atoms with E-state index in [1.54, 1.807) is 0 Å². The average Bonchev–Trinajstić information content (AvgIpc) is 3.42. The van der Waals surface area contributed by atoms with Gasteiger partial charge in [0.05, 0.1) is 25.4 Å². The number of rotatable bonds is 65. The molecule has 2 unspecified atom stereocenters. The second-order valence-corrected chi connectivity index (χ2v) is 23.9. The molecule has 0 aromatic rings. The number of nitrogens with one attached hydrogen (secondary N) is 1. The van der Waals surface area contributed by atoms with Crippen LogP contribution in [0.15, 0.2) is 24.3 Å². The van der Waals surface area contributed by atoms with Crippen molar-refractivity contribution in [3.63, 3.8) is 0 Å². The molecule has 0 heterocycles. The molecule has 0 rings (SSSR count). The van der Waals surface area contributed by atoms with E-state index in [0.29, 0.717) is 25.9 Å². The largest absolute Gasteiger partial charge is 0.466 e. The number of carbonyl (C=O) groups excluding carboxylic acids is 2. The fourth-order valence-electron chi connectivity index (χ4n) is 10.9. The van der Waals surface area contributed by atoms with Crippen molar-refractivity contribution in [2.75, 3.05) is 13.2 Å². The van der Waals surface area contributed by atoms with Gasteiger partial charge in [-0.3, -0.25) is 9.59 Å². The van der Waals surface area contributed by atoms with Crippen LogP contribution in [0.4, 0.5) is 0 Å². The Morgan fingerprint density at radius 1 is 0.355 bits per heavy atom. The van der Waals surface area contributed by atoms with Gasteiger partial charge in [-0.2, -0.15) is 0 Å². The molecule has 1 amide bonds. The highest BCUT2D eigenvalue weighted by molar-refractivity contribution is 5.76. The quantitative estimate of drug-likeness (QED) is 0.0320. The first-order valence-corrected chi connectivity index (χ1v) is 34.6. The maximum atomic E-state index is 12.5. The minimum absolute atomic E-state index is 0.00348. The molecule has 0 radical (unpaired) electrons. The molecule has 0 aliphatic rings. The zero-order chi connectivity index (χ0) is 55.0. The van der Waals surface area contributed by atoms with E-state index < -0.39 is 12.1 Å². The number of unbranched alkanes of at least 4 members (excludes halogenated alkanes) is 50. The van der Waals surface area contributed by atoms with Gasteiger partial charge in [0.2, 0.25) is 5.91 Å². The molecule has 0 spiro atoms. The normalized spacial score (nSPS) is 12.6. The first-order valence-electron chi connectivity index (χ1n) is 34.6. The molecule has 0 bridgehead atoms. The van der Waals surface area contributed by atoms with Gasteiger partial charge in [-0.1, -0.05) is 321 Å². The number of aliphatic hydroxyl groups excluding tert-OH is 2. The van der Waals surface area contributed by atoms with Crippen molar-refractivity contribution in [1.29, 1.82) is 0 Å². The van der Waals surface area contributed by atoms with Gasteiger partial charge in [0.25, 0.3) is 0 Å². The van der Waals surface area contributed by atoms with Crippen molar-refractivity contribution >= 4 is 11.9 Å². The van der Waals surface area contributed by atoms with Crippen molar-refractivity contribution in [3.05, 3.63) is 24.3 Å². The van der Waals surface area contributed by atoms with Crippen LogP contribution < -0.4 is 5.32 Å². The molecule has 6 nitrogen and oxygen atoms in total. The smallest absolute Gasteiger partial charge is 0.305 e. The Hall–Kier alpha value is -1.66. The second-order valence-electron chi connectivity index (χ2n) is 23.9. The van der Waals surface area contributed by atoms with Crippen molar-refractivity contribution in [1.82, 2.24) is 5.32 Å². The third kappa shape index (κ3) is 61.6. The molecule has 450 valence electrons. The van der Waals surface area contributed by atoms with Crippen molar-refractivity contribution in [2.24, 2.45) is 0 Å². The molecule has 0 aromatic carbocycles. The van der Waals surface area contributed by atoms with Crippen LogP contribution >= 0.6 is 0 Å². The molecule has 0 saturated carbocycles. The molecule has 0 saturated heterocycles. The number of hydrogen-bond donors (Lipinski definition) is 3. The van der Waals surface area contributed by atoms with Crippen molar-refractivity contribution in [3.8, 4) is 0 Å². The minimum atomic E-state index is -0.670. The fourth-order valence-corrected chi connectivity index (χ4v) is 10.9. The summed E-state index contributed by atoms with van der Waals surface area (Å²) in [6.45, 7) is 4.98. The predicted octanol–water partition coefficient (Wildman–Crippen LogP) is 22.1.